The van der Waals surface area contributed by atoms with Gasteiger partial charge in [0, 0.05) is 71.3 Å². The molecule has 4 aromatic rings. The van der Waals surface area contributed by atoms with Crippen molar-refractivity contribution in [2.24, 2.45) is 0 Å². The van der Waals surface area contributed by atoms with E-state index >= 15 is 0 Å². The van der Waals surface area contributed by atoms with Gasteiger partial charge < -0.3 is 23.7 Å². The summed E-state index contributed by atoms with van der Waals surface area (Å²) in [5.74, 6) is -0.313. The summed E-state index contributed by atoms with van der Waals surface area (Å²) in [6, 6.07) is 22.1. The van der Waals surface area contributed by atoms with Gasteiger partial charge in [0.05, 0.1) is 5.56 Å². The molecule has 0 bridgehead atoms. The fourth-order valence-electron chi connectivity index (χ4n) is 6.60. The van der Waals surface area contributed by atoms with Crippen molar-refractivity contribution in [3.8, 4) is 5.75 Å². The Bertz CT molecular complexity index is 1670. The van der Waals surface area contributed by atoms with Crippen LogP contribution in [0.3, 0.4) is 0 Å². The first-order valence-corrected chi connectivity index (χ1v) is 16.7. The number of nitrogens with zero attached hydrogens (tertiary/aromatic N) is 2. The molecule has 46 heavy (non-hydrogen) atoms. The average Bonchev–Trinajstić information content (AvgIpc) is 3.61. The van der Waals surface area contributed by atoms with Gasteiger partial charge in [-0.2, -0.15) is 0 Å². The van der Waals surface area contributed by atoms with Gasteiger partial charge in [0.15, 0.2) is 5.60 Å². The van der Waals surface area contributed by atoms with Gasteiger partial charge in [-0.15, -0.1) is 0 Å². The molecule has 7 nitrogen and oxygen atoms in total. The molecule has 3 aromatic carbocycles. The molecule has 0 saturated heterocycles. The van der Waals surface area contributed by atoms with Crippen molar-refractivity contribution in [1.29, 1.82) is 0 Å². The van der Waals surface area contributed by atoms with Crippen LogP contribution in [0.15, 0.2) is 85.6 Å². The lowest BCUT2D eigenvalue weighted by Gasteiger charge is -2.32. The molecule has 1 aliphatic heterocycles. The van der Waals surface area contributed by atoms with Crippen molar-refractivity contribution in [2.75, 3.05) is 31.2 Å². The van der Waals surface area contributed by atoms with Crippen molar-refractivity contribution >= 4 is 28.5 Å². The maximum Gasteiger partial charge on any atom is 0.340 e. The molecule has 242 valence electrons. The zero-order chi connectivity index (χ0) is 32.5. The summed E-state index contributed by atoms with van der Waals surface area (Å²) in [5.41, 5.74) is 3.77. The van der Waals surface area contributed by atoms with E-state index < -0.39 is 11.6 Å². The van der Waals surface area contributed by atoms with Crippen molar-refractivity contribution in [2.45, 2.75) is 71.4 Å². The predicted octanol–water partition coefficient (Wildman–Crippen LogP) is 8.42. The third-order valence-corrected chi connectivity index (χ3v) is 8.92. The van der Waals surface area contributed by atoms with Crippen LogP contribution in [0.1, 0.15) is 86.3 Å². The van der Waals surface area contributed by atoms with Gasteiger partial charge in [-0.1, -0.05) is 82.0 Å². The number of fused-ring (bicyclic) bond motifs is 2. The van der Waals surface area contributed by atoms with Crippen molar-refractivity contribution in [3.05, 3.63) is 108 Å². The maximum absolute atomic E-state index is 13.7. The Balaban J connectivity index is 1.66. The van der Waals surface area contributed by atoms with Crippen molar-refractivity contribution in [3.63, 3.8) is 0 Å². The van der Waals surface area contributed by atoms with Crippen LogP contribution in [0, 0.1) is 0 Å². The summed E-state index contributed by atoms with van der Waals surface area (Å²) in [6.45, 7) is 12.6. The number of hydrogen-bond donors (Lipinski definition) is 0. The Morgan fingerprint density at radius 3 is 2.41 bits per heavy atom. The third kappa shape index (κ3) is 6.55. The number of ether oxygens (including phenoxy) is 3. The molecule has 0 amide bonds. The van der Waals surface area contributed by atoms with Crippen LogP contribution in [0.5, 0.6) is 5.75 Å². The van der Waals surface area contributed by atoms with E-state index in [1.807, 2.05) is 42.5 Å². The number of aromatic nitrogens is 1. The summed E-state index contributed by atoms with van der Waals surface area (Å²) in [6.07, 6.45) is 10.6. The molecule has 0 fully saturated rings. The monoisotopic (exact) mass is 622 g/mol. The predicted molar refractivity (Wildman–Crippen MR) is 184 cm³/mol. The zero-order valence-electron chi connectivity index (χ0n) is 27.4. The number of para-hydroxylation sites is 1. The first-order valence-electron chi connectivity index (χ1n) is 16.7. The van der Waals surface area contributed by atoms with Gasteiger partial charge in [0.1, 0.15) is 19.0 Å². The highest BCUT2D eigenvalue weighted by Gasteiger charge is 2.51. The topological polar surface area (TPSA) is 70.0 Å². The Kier molecular flexibility index (Phi) is 10.8. The number of carbonyl (C=O) groups is 2. The van der Waals surface area contributed by atoms with Gasteiger partial charge >= 0.3 is 11.9 Å². The average molecular weight is 623 g/mol. The summed E-state index contributed by atoms with van der Waals surface area (Å²) >= 11 is 0. The fourth-order valence-corrected chi connectivity index (χ4v) is 6.60. The SMILES string of the molecule is C=CC(=O)OCCOc1cc(N(CC)CC)ccc1C1(c2cn(CCCCCCCC)c3ccccc23)OC(=O)c2ccccc21. The van der Waals surface area contributed by atoms with Crippen molar-refractivity contribution in [1.82, 2.24) is 4.57 Å². The van der Waals surface area contributed by atoms with Gasteiger partial charge in [0.2, 0.25) is 0 Å². The number of hydrogen-bond acceptors (Lipinski definition) is 6. The lowest BCUT2D eigenvalue weighted by molar-refractivity contribution is -0.138. The lowest BCUT2D eigenvalue weighted by Crippen LogP contribution is -2.31. The second-order valence-corrected chi connectivity index (χ2v) is 11.7. The number of carbonyl (C=O) groups excluding carboxylic acids is 2. The summed E-state index contributed by atoms with van der Waals surface area (Å²) in [4.78, 5) is 27.6. The van der Waals surface area contributed by atoms with E-state index in [1.165, 1.54) is 32.1 Å². The lowest BCUT2D eigenvalue weighted by atomic mass is 9.79. The second-order valence-electron chi connectivity index (χ2n) is 11.7. The first kappa shape index (κ1) is 32.9. The molecule has 5 rings (SSSR count). The minimum Gasteiger partial charge on any atom is -0.489 e. The van der Waals surface area contributed by atoms with Gasteiger partial charge in [-0.25, -0.2) is 9.59 Å². The quantitative estimate of drug-likeness (QED) is 0.0669. The van der Waals surface area contributed by atoms with Gasteiger partial charge in [0.25, 0.3) is 0 Å². The van der Waals surface area contributed by atoms with E-state index in [2.05, 4.69) is 67.3 Å². The molecule has 0 saturated carbocycles. The molecule has 1 atom stereocenters. The number of aryl methyl sites for hydroxylation is 1. The standard InChI is InChI=1S/C39H46N2O5/c1-5-9-10-11-12-17-24-41-28-34(30-18-14-16-21-35(30)41)39(32-20-15-13-19-31(32)38(43)46-39)33-23-22-29(40(7-3)8-4)27-36(33)44-25-26-45-37(42)6-2/h6,13-16,18-23,27-28H,2,5,7-12,17,24-26H2,1,3-4H3. The number of benzene rings is 3. The molecule has 1 aliphatic rings. The minimum atomic E-state index is -1.26. The van der Waals surface area contributed by atoms with E-state index in [0.717, 1.165) is 65.4 Å². The summed E-state index contributed by atoms with van der Waals surface area (Å²) < 4.78 is 20.5. The van der Waals surface area contributed by atoms with E-state index in [9.17, 15) is 9.59 Å². The second kappa shape index (κ2) is 15.2. The Hall–Kier alpha value is -4.52. The summed E-state index contributed by atoms with van der Waals surface area (Å²) in [5, 5.41) is 1.02. The normalized spacial score (nSPS) is 15.4. The summed E-state index contributed by atoms with van der Waals surface area (Å²) in [7, 11) is 0. The zero-order valence-corrected chi connectivity index (χ0v) is 27.4. The number of unbranched alkanes of at least 4 members (excludes halogenated alkanes) is 5. The van der Waals surface area contributed by atoms with Crippen LogP contribution in [-0.2, 0) is 26.4 Å². The minimum absolute atomic E-state index is 0.0563. The molecule has 0 spiro atoms. The Morgan fingerprint density at radius 1 is 0.891 bits per heavy atom. The molecular formula is C39H46N2O5. The third-order valence-electron chi connectivity index (χ3n) is 8.92. The van der Waals surface area contributed by atoms with E-state index in [4.69, 9.17) is 14.2 Å². The Morgan fingerprint density at radius 2 is 1.63 bits per heavy atom. The molecule has 7 heteroatoms. The van der Waals surface area contributed by atoms with E-state index in [-0.39, 0.29) is 19.2 Å². The highest BCUT2D eigenvalue weighted by atomic mass is 16.6. The molecule has 0 N–H and O–H groups in total. The maximum atomic E-state index is 13.7. The van der Waals surface area contributed by atoms with Crippen LogP contribution in [-0.4, -0.2) is 42.8 Å². The van der Waals surface area contributed by atoms with Crippen LogP contribution in [0.2, 0.25) is 0 Å². The number of esters is 2. The number of rotatable bonds is 17. The molecule has 0 radical (unpaired) electrons. The number of cyclic esters (lactones) is 1. The first-order chi connectivity index (χ1) is 22.5. The highest BCUT2D eigenvalue weighted by molar-refractivity contribution is 5.98. The molecule has 2 heterocycles. The molecular weight excluding hydrogens is 576 g/mol. The van der Waals surface area contributed by atoms with Crippen LogP contribution >= 0.6 is 0 Å². The van der Waals surface area contributed by atoms with E-state index in [1.54, 1.807) is 0 Å². The smallest absolute Gasteiger partial charge is 0.340 e. The molecule has 1 aromatic heterocycles. The van der Waals surface area contributed by atoms with E-state index in [0.29, 0.717) is 11.3 Å². The largest absolute Gasteiger partial charge is 0.489 e. The number of anilines is 1. The van der Waals surface area contributed by atoms with Crippen LogP contribution in [0.4, 0.5) is 5.69 Å². The Labute approximate surface area is 272 Å². The van der Waals surface area contributed by atoms with Gasteiger partial charge in [-0.3, -0.25) is 0 Å². The van der Waals surface area contributed by atoms with Crippen LogP contribution < -0.4 is 9.64 Å². The van der Waals surface area contributed by atoms with Crippen LogP contribution in [0.25, 0.3) is 10.9 Å². The molecule has 0 aliphatic carbocycles. The fraction of sp³-hybridized carbons (Fsp3) is 0.385. The van der Waals surface area contributed by atoms with Crippen molar-refractivity contribution < 1.29 is 23.8 Å². The molecule has 1 unspecified atom stereocenters. The highest BCUT2D eigenvalue weighted by Crippen LogP contribution is 2.52. The van der Waals surface area contributed by atoms with Gasteiger partial charge in [-0.05, 0) is 44.5 Å².